The third-order valence-electron chi connectivity index (χ3n) is 6.46. The number of hydrogen-bond acceptors (Lipinski definition) is 4. The molecule has 0 radical (unpaired) electrons. The minimum atomic E-state index is 0.0276. The van der Waals surface area contributed by atoms with Crippen molar-refractivity contribution in [3.63, 3.8) is 0 Å². The van der Waals surface area contributed by atoms with Gasteiger partial charge in [-0.3, -0.25) is 4.79 Å². The summed E-state index contributed by atoms with van der Waals surface area (Å²) in [4.78, 5) is 19.6. The number of anilines is 1. The molecule has 0 bridgehead atoms. The minimum absolute atomic E-state index is 0.0276. The molecule has 1 amide bonds. The van der Waals surface area contributed by atoms with Gasteiger partial charge in [0.1, 0.15) is 11.6 Å². The largest absolute Gasteiger partial charge is 0.494 e. The van der Waals surface area contributed by atoms with Gasteiger partial charge in [-0.2, -0.15) is 0 Å². The first-order chi connectivity index (χ1) is 17.5. The Balaban J connectivity index is 0.00000176. The van der Waals surface area contributed by atoms with Crippen LogP contribution in [0.1, 0.15) is 47.6 Å². The molecule has 1 unspecified atom stereocenters. The first kappa shape index (κ1) is 28.7. The van der Waals surface area contributed by atoms with Gasteiger partial charge < -0.3 is 15.0 Å². The molecule has 1 N–H and O–H groups in total. The molecule has 3 aromatic rings. The number of carbonyl (C=O) groups excluding carboxylic acids is 1. The molecule has 0 aliphatic carbocycles. The van der Waals surface area contributed by atoms with Crippen molar-refractivity contribution in [2.45, 2.75) is 53.1 Å². The maximum atomic E-state index is 13.3. The summed E-state index contributed by atoms with van der Waals surface area (Å²) in [5, 5.41) is 3.34. The van der Waals surface area contributed by atoms with Crippen molar-refractivity contribution in [2.24, 2.45) is 5.92 Å². The van der Waals surface area contributed by atoms with E-state index >= 15 is 0 Å². The first-order valence-corrected chi connectivity index (χ1v) is 18.7. The van der Waals surface area contributed by atoms with Gasteiger partial charge in [0, 0.05) is 69.0 Å². The van der Waals surface area contributed by atoms with Crippen LogP contribution < -0.4 is 10.1 Å². The van der Waals surface area contributed by atoms with Gasteiger partial charge in [-0.15, -0.1) is 0 Å². The van der Waals surface area contributed by atoms with Crippen molar-refractivity contribution in [1.82, 2.24) is 9.88 Å². The Morgan fingerprint density at radius 3 is 2.53 bits per heavy atom. The summed E-state index contributed by atoms with van der Waals surface area (Å²) >= 11 is 4.24. The van der Waals surface area contributed by atoms with E-state index < -0.39 is 0 Å². The highest BCUT2D eigenvalue weighted by molar-refractivity contribution is 15.0. The quantitative estimate of drug-likeness (QED) is 0.185. The van der Waals surface area contributed by atoms with Crippen molar-refractivity contribution >= 4 is 49.0 Å². The van der Waals surface area contributed by atoms with E-state index in [9.17, 15) is 4.79 Å². The third kappa shape index (κ3) is 8.33. The van der Waals surface area contributed by atoms with Gasteiger partial charge in [0.05, 0.1) is 6.61 Å². The van der Waals surface area contributed by atoms with E-state index in [1.807, 2.05) is 29.3 Å². The third-order valence-corrected chi connectivity index (χ3v) is 6.46. The molecule has 2 heterocycles. The highest BCUT2D eigenvalue weighted by atomic mass is 128. The highest BCUT2D eigenvalue weighted by Crippen LogP contribution is 2.29. The fraction of sp³-hybridized carbons (Fsp3) is 0.379. The Labute approximate surface area is 238 Å². The standard InChI is InChI=1S/C29H35N3O2.I2/c1-4-24-17-25-10-11-27(34-15-5-13-30-28-16-22(3)12-14-31-28)18-26(25)20-32(29(24)33)19-23-8-6-21(2)7-9-23;1-2/h6-12,14,16,18,24H,4-5,13,15,17,19-20H2,1-3H3,(H,30,31);. The lowest BCUT2D eigenvalue weighted by Crippen LogP contribution is -2.33. The van der Waals surface area contributed by atoms with Crippen LogP contribution in [0, 0.1) is 19.8 Å². The molecule has 0 fully saturated rings. The fourth-order valence-electron chi connectivity index (χ4n) is 4.41. The van der Waals surface area contributed by atoms with Crippen molar-refractivity contribution in [1.29, 1.82) is 0 Å². The van der Waals surface area contributed by atoms with Gasteiger partial charge in [0.2, 0.25) is 5.91 Å². The van der Waals surface area contributed by atoms with E-state index in [4.69, 9.17) is 4.74 Å². The maximum Gasteiger partial charge on any atom is 0.226 e. The van der Waals surface area contributed by atoms with E-state index in [0.717, 1.165) is 37.4 Å². The molecule has 1 atom stereocenters. The molecule has 1 aromatic heterocycles. The summed E-state index contributed by atoms with van der Waals surface area (Å²) in [5.41, 5.74) is 6.04. The van der Waals surface area contributed by atoms with Crippen LogP contribution in [0.25, 0.3) is 0 Å². The Morgan fingerprint density at radius 2 is 1.81 bits per heavy atom. The molecule has 0 saturated carbocycles. The summed E-state index contributed by atoms with van der Waals surface area (Å²) < 4.78 is 6.06. The van der Waals surface area contributed by atoms with Gasteiger partial charge in [0.15, 0.2) is 0 Å². The average molecular weight is 711 g/mol. The van der Waals surface area contributed by atoms with Crippen molar-refractivity contribution < 1.29 is 9.53 Å². The molecule has 2 aromatic carbocycles. The number of aryl methyl sites for hydroxylation is 2. The van der Waals surface area contributed by atoms with E-state index in [-0.39, 0.29) is 11.8 Å². The second-order valence-corrected chi connectivity index (χ2v) is 9.27. The Kier molecular flexibility index (Phi) is 11.8. The number of rotatable bonds is 9. The molecular formula is C29H35I2N3O2. The van der Waals surface area contributed by atoms with Gasteiger partial charge in [-0.25, -0.2) is 4.98 Å². The van der Waals surface area contributed by atoms with Crippen molar-refractivity contribution in [3.8, 4) is 5.75 Å². The summed E-state index contributed by atoms with van der Waals surface area (Å²) in [6.45, 7) is 8.94. The van der Waals surface area contributed by atoms with E-state index in [0.29, 0.717) is 19.7 Å². The molecule has 7 heteroatoms. The zero-order valence-electron chi connectivity index (χ0n) is 21.3. The van der Waals surface area contributed by atoms with Crippen LogP contribution in [0.15, 0.2) is 60.8 Å². The highest BCUT2D eigenvalue weighted by Gasteiger charge is 2.28. The Morgan fingerprint density at radius 1 is 1.03 bits per heavy atom. The number of amides is 1. The monoisotopic (exact) mass is 711 g/mol. The molecule has 1 aliphatic rings. The molecule has 5 nitrogen and oxygen atoms in total. The molecular weight excluding hydrogens is 676 g/mol. The lowest BCUT2D eigenvalue weighted by atomic mass is 9.95. The van der Waals surface area contributed by atoms with Gasteiger partial charge in [-0.1, -0.05) is 42.8 Å². The van der Waals surface area contributed by atoms with E-state index in [2.05, 4.69) is 105 Å². The predicted molar refractivity (Wildman–Crippen MR) is 165 cm³/mol. The average Bonchev–Trinajstić information content (AvgIpc) is 3.02. The second kappa shape index (κ2) is 14.8. The van der Waals surface area contributed by atoms with Crippen LogP contribution in [-0.2, 0) is 24.3 Å². The van der Waals surface area contributed by atoms with Gasteiger partial charge >= 0.3 is 0 Å². The van der Waals surface area contributed by atoms with Crippen LogP contribution in [0.5, 0.6) is 5.75 Å². The van der Waals surface area contributed by atoms with Gasteiger partial charge in [-0.05, 0) is 79.6 Å². The number of aromatic nitrogens is 1. The second-order valence-electron chi connectivity index (χ2n) is 9.27. The summed E-state index contributed by atoms with van der Waals surface area (Å²) in [6, 6.07) is 18.8. The Bertz CT molecular complexity index is 1120. The lowest BCUT2D eigenvalue weighted by molar-refractivity contribution is -0.136. The summed E-state index contributed by atoms with van der Waals surface area (Å²) in [7, 11) is 0. The number of carbonyl (C=O) groups is 1. The number of ether oxygens (including phenoxy) is 1. The smallest absolute Gasteiger partial charge is 0.226 e. The molecule has 1 aliphatic heterocycles. The van der Waals surface area contributed by atoms with Crippen LogP contribution in [0.3, 0.4) is 0 Å². The molecule has 0 spiro atoms. The Hall–Kier alpha value is -1.88. The number of halogens is 2. The number of nitrogens with zero attached hydrogens (tertiary/aromatic N) is 2. The van der Waals surface area contributed by atoms with E-state index in [1.54, 1.807) is 0 Å². The maximum absolute atomic E-state index is 13.3. The number of fused-ring (bicyclic) bond motifs is 1. The predicted octanol–water partition coefficient (Wildman–Crippen LogP) is 7.46. The zero-order chi connectivity index (χ0) is 25.9. The van der Waals surface area contributed by atoms with Crippen molar-refractivity contribution in [2.75, 3.05) is 18.5 Å². The van der Waals surface area contributed by atoms with Crippen LogP contribution in [0.4, 0.5) is 5.82 Å². The van der Waals surface area contributed by atoms with E-state index in [1.165, 1.54) is 27.8 Å². The lowest BCUT2D eigenvalue weighted by Gasteiger charge is -2.24. The number of benzene rings is 2. The minimum Gasteiger partial charge on any atom is -0.494 e. The first-order valence-electron chi connectivity index (χ1n) is 12.4. The number of pyridine rings is 1. The van der Waals surface area contributed by atoms with Crippen molar-refractivity contribution in [3.05, 3.63) is 88.6 Å². The summed E-state index contributed by atoms with van der Waals surface area (Å²) in [6.07, 6.45) is 4.34. The topological polar surface area (TPSA) is 54.5 Å². The van der Waals surface area contributed by atoms with Crippen LogP contribution >= 0.6 is 37.2 Å². The van der Waals surface area contributed by atoms with Gasteiger partial charge in [0.25, 0.3) is 0 Å². The molecule has 36 heavy (non-hydrogen) atoms. The van der Waals surface area contributed by atoms with Crippen LogP contribution in [0.2, 0.25) is 0 Å². The normalized spacial score (nSPS) is 14.9. The molecule has 4 rings (SSSR count). The SMILES string of the molecule is CCC1Cc2ccc(OCCCNc3cc(C)ccn3)cc2CN(Cc2ccc(C)cc2)C1=O.II. The van der Waals surface area contributed by atoms with Crippen LogP contribution in [-0.4, -0.2) is 28.9 Å². The number of hydrogen-bond donors (Lipinski definition) is 1. The number of nitrogens with one attached hydrogen (secondary N) is 1. The zero-order valence-corrected chi connectivity index (χ0v) is 25.6. The molecule has 0 saturated heterocycles. The summed E-state index contributed by atoms with van der Waals surface area (Å²) in [5.74, 6) is 2.04. The molecule has 192 valence electrons. The fourth-order valence-corrected chi connectivity index (χ4v) is 4.41.